The van der Waals surface area contributed by atoms with Gasteiger partial charge in [0.25, 0.3) is 0 Å². The van der Waals surface area contributed by atoms with Gasteiger partial charge < -0.3 is 10.5 Å². The van der Waals surface area contributed by atoms with Gasteiger partial charge in [-0.1, -0.05) is 13.8 Å². The van der Waals surface area contributed by atoms with E-state index in [-0.39, 0.29) is 6.10 Å². The van der Waals surface area contributed by atoms with E-state index in [0.717, 1.165) is 25.6 Å². The first kappa shape index (κ1) is 12.0. The summed E-state index contributed by atoms with van der Waals surface area (Å²) in [6, 6.07) is 0.660. The first-order chi connectivity index (χ1) is 6.63. The first-order valence-corrected chi connectivity index (χ1v) is 5.69. The lowest BCUT2D eigenvalue weighted by molar-refractivity contribution is -0.0383. The average Bonchev–Trinajstić information content (AvgIpc) is 2.17. The van der Waals surface area contributed by atoms with Crippen molar-refractivity contribution in [1.29, 1.82) is 0 Å². The summed E-state index contributed by atoms with van der Waals surface area (Å²) in [5.74, 6) is 0.768. The summed E-state index contributed by atoms with van der Waals surface area (Å²) in [6.45, 7) is 10.4. The topological polar surface area (TPSA) is 38.5 Å². The second kappa shape index (κ2) is 5.69. The lowest BCUT2D eigenvalue weighted by atomic mass is 10.0. The summed E-state index contributed by atoms with van der Waals surface area (Å²) in [6.07, 6.45) is 1.51. The quantitative estimate of drug-likeness (QED) is 0.738. The number of ether oxygens (including phenoxy) is 1. The van der Waals surface area contributed by atoms with Crippen molar-refractivity contribution in [2.24, 2.45) is 11.7 Å². The highest BCUT2D eigenvalue weighted by molar-refractivity contribution is 4.76. The second-order valence-electron chi connectivity index (χ2n) is 4.70. The van der Waals surface area contributed by atoms with Crippen molar-refractivity contribution in [3.05, 3.63) is 0 Å². The SMILES string of the molecule is CC(C)CC(C)N1CCOC(CN)C1. The number of hydrogen-bond acceptors (Lipinski definition) is 3. The molecule has 2 atom stereocenters. The fourth-order valence-electron chi connectivity index (χ4n) is 2.12. The maximum Gasteiger partial charge on any atom is 0.0824 e. The zero-order chi connectivity index (χ0) is 10.6. The van der Waals surface area contributed by atoms with E-state index in [0.29, 0.717) is 12.6 Å². The highest BCUT2D eigenvalue weighted by Gasteiger charge is 2.23. The fraction of sp³-hybridized carbons (Fsp3) is 1.00. The van der Waals surface area contributed by atoms with Crippen LogP contribution in [0.3, 0.4) is 0 Å². The van der Waals surface area contributed by atoms with E-state index >= 15 is 0 Å². The van der Waals surface area contributed by atoms with Crippen LogP contribution < -0.4 is 5.73 Å². The number of nitrogens with zero attached hydrogens (tertiary/aromatic N) is 1. The van der Waals surface area contributed by atoms with Crippen LogP contribution in [0.25, 0.3) is 0 Å². The van der Waals surface area contributed by atoms with E-state index in [1.165, 1.54) is 6.42 Å². The van der Waals surface area contributed by atoms with E-state index in [1.807, 2.05) is 0 Å². The van der Waals surface area contributed by atoms with Crippen LogP contribution >= 0.6 is 0 Å². The van der Waals surface area contributed by atoms with Gasteiger partial charge >= 0.3 is 0 Å². The zero-order valence-electron chi connectivity index (χ0n) is 9.70. The van der Waals surface area contributed by atoms with Crippen molar-refractivity contribution in [2.75, 3.05) is 26.2 Å². The molecular weight excluding hydrogens is 176 g/mol. The summed E-state index contributed by atoms with van der Waals surface area (Å²) in [4.78, 5) is 2.50. The minimum Gasteiger partial charge on any atom is -0.374 e. The van der Waals surface area contributed by atoms with Gasteiger partial charge in [0.15, 0.2) is 0 Å². The normalized spacial score (nSPS) is 26.8. The summed E-state index contributed by atoms with van der Waals surface area (Å²) in [7, 11) is 0. The third-order valence-corrected chi connectivity index (χ3v) is 2.87. The third-order valence-electron chi connectivity index (χ3n) is 2.87. The predicted molar refractivity (Wildman–Crippen MR) is 59.3 cm³/mol. The molecule has 1 aliphatic rings. The van der Waals surface area contributed by atoms with Crippen LogP contribution in [0.1, 0.15) is 27.2 Å². The molecule has 14 heavy (non-hydrogen) atoms. The van der Waals surface area contributed by atoms with E-state index in [2.05, 4.69) is 25.7 Å². The van der Waals surface area contributed by atoms with E-state index < -0.39 is 0 Å². The van der Waals surface area contributed by atoms with Crippen molar-refractivity contribution < 1.29 is 4.74 Å². The molecule has 0 spiro atoms. The van der Waals surface area contributed by atoms with Crippen molar-refractivity contribution in [2.45, 2.75) is 39.3 Å². The number of nitrogens with two attached hydrogens (primary N) is 1. The molecular formula is C11H24N2O. The second-order valence-corrected chi connectivity index (χ2v) is 4.70. The van der Waals surface area contributed by atoms with Crippen LogP contribution in [-0.4, -0.2) is 43.3 Å². The molecule has 3 nitrogen and oxygen atoms in total. The molecule has 1 rings (SSSR count). The highest BCUT2D eigenvalue weighted by atomic mass is 16.5. The van der Waals surface area contributed by atoms with Crippen LogP contribution in [0.2, 0.25) is 0 Å². The molecule has 0 aromatic heterocycles. The Labute approximate surface area is 87.6 Å². The number of hydrogen-bond donors (Lipinski definition) is 1. The van der Waals surface area contributed by atoms with Crippen molar-refractivity contribution in [3.63, 3.8) is 0 Å². The summed E-state index contributed by atoms with van der Waals surface area (Å²) in [5.41, 5.74) is 5.62. The molecule has 84 valence electrons. The van der Waals surface area contributed by atoms with Gasteiger partial charge in [-0.05, 0) is 19.3 Å². The summed E-state index contributed by atoms with van der Waals surface area (Å²) >= 11 is 0. The Kier molecular flexibility index (Phi) is 4.85. The Morgan fingerprint density at radius 1 is 1.43 bits per heavy atom. The van der Waals surface area contributed by atoms with Gasteiger partial charge in [-0.3, -0.25) is 4.90 Å². The van der Waals surface area contributed by atoms with Crippen LogP contribution in [0.5, 0.6) is 0 Å². The van der Waals surface area contributed by atoms with Crippen molar-refractivity contribution >= 4 is 0 Å². The first-order valence-electron chi connectivity index (χ1n) is 5.69. The van der Waals surface area contributed by atoms with Gasteiger partial charge in [-0.15, -0.1) is 0 Å². The molecule has 2 N–H and O–H groups in total. The molecule has 1 heterocycles. The minimum atomic E-state index is 0.248. The summed E-state index contributed by atoms with van der Waals surface area (Å²) < 4.78 is 5.55. The fourth-order valence-corrected chi connectivity index (χ4v) is 2.12. The number of morpholine rings is 1. The molecule has 0 aliphatic carbocycles. The average molecular weight is 200 g/mol. The van der Waals surface area contributed by atoms with Crippen LogP contribution in [0.4, 0.5) is 0 Å². The molecule has 1 saturated heterocycles. The Morgan fingerprint density at radius 3 is 2.71 bits per heavy atom. The Balaban J connectivity index is 2.35. The Bertz CT molecular complexity index is 161. The van der Waals surface area contributed by atoms with E-state index in [9.17, 15) is 0 Å². The molecule has 0 radical (unpaired) electrons. The van der Waals surface area contributed by atoms with Gasteiger partial charge in [-0.2, -0.15) is 0 Å². The standard InChI is InChI=1S/C11H24N2O/c1-9(2)6-10(3)13-4-5-14-11(7-12)8-13/h9-11H,4-8,12H2,1-3H3. The zero-order valence-corrected chi connectivity index (χ0v) is 9.70. The molecule has 3 heteroatoms. The van der Waals surface area contributed by atoms with Crippen LogP contribution in [0, 0.1) is 5.92 Å². The lowest BCUT2D eigenvalue weighted by Gasteiger charge is -2.37. The third kappa shape index (κ3) is 3.56. The molecule has 0 aromatic rings. The van der Waals surface area contributed by atoms with E-state index in [1.54, 1.807) is 0 Å². The highest BCUT2D eigenvalue weighted by Crippen LogP contribution is 2.14. The Morgan fingerprint density at radius 2 is 2.14 bits per heavy atom. The van der Waals surface area contributed by atoms with E-state index in [4.69, 9.17) is 10.5 Å². The largest absolute Gasteiger partial charge is 0.374 e. The summed E-state index contributed by atoms with van der Waals surface area (Å²) in [5, 5.41) is 0. The minimum absolute atomic E-state index is 0.248. The predicted octanol–water partition coefficient (Wildman–Crippen LogP) is 1.08. The monoisotopic (exact) mass is 200 g/mol. The van der Waals surface area contributed by atoms with Gasteiger partial charge in [0.2, 0.25) is 0 Å². The maximum absolute atomic E-state index is 5.62. The van der Waals surface area contributed by atoms with Gasteiger partial charge in [0, 0.05) is 25.7 Å². The van der Waals surface area contributed by atoms with Crippen molar-refractivity contribution in [1.82, 2.24) is 4.90 Å². The molecule has 0 aromatic carbocycles. The van der Waals surface area contributed by atoms with Gasteiger partial charge in [-0.25, -0.2) is 0 Å². The molecule has 0 bridgehead atoms. The van der Waals surface area contributed by atoms with Gasteiger partial charge in [0.05, 0.1) is 12.7 Å². The van der Waals surface area contributed by atoms with Crippen LogP contribution in [-0.2, 0) is 4.74 Å². The van der Waals surface area contributed by atoms with Gasteiger partial charge in [0.1, 0.15) is 0 Å². The molecule has 2 unspecified atom stereocenters. The molecule has 0 saturated carbocycles. The molecule has 0 amide bonds. The van der Waals surface area contributed by atoms with Crippen molar-refractivity contribution in [3.8, 4) is 0 Å². The maximum atomic E-state index is 5.62. The smallest absolute Gasteiger partial charge is 0.0824 e. The lowest BCUT2D eigenvalue weighted by Crippen LogP contribution is -2.49. The van der Waals surface area contributed by atoms with Crippen LogP contribution in [0.15, 0.2) is 0 Å². The Hall–Kier alpha value is -0.120. The molecule has 1 fully saturated rings. The number of rotatable bonds is 4. The molecule has 1 aliphatic heterocycles.